The first-order valence-electron chi connectivity index (χ1n) is 9.61. The topological polar surface area (TPSA) is 68.8 Å². The van der Waals surface area contributed by atoms with Gasteiger partial charge in [0, 0.05) is 27.7 Å². The summed E-state index contributed by atoms with van der Waals surface area (Å²) in [6.45, 7) is 3.29. The Labute approximate surface area is 180 Å². The van der Waals surface area contributed by atoms with E-state index in [1.807, 2.05) is 6.92 Å². The molecule has 2 heterocycles. The van der Waals surface area contributed by atoms with E-state index in [2.05, 4.69) is 15.2 Å². The van der Waals surface area contributed by atoms with Crippen LogP contribution in [0.3, 0.4) is 0 Å². The molecule has 4 aromatic rings. The first-order valence-corrected chi connectivity index (χ1v) is 9.98. The quantitative estimate of drug-likeness (QED) is 0.473. The maximum atomic E-state index is 14.8. The van der Waals surface area contributed by atoms with E-state index in [9.17, 15) is 18.3 Å². The molecular weight excluding hydrogens is 431 g/mol. The second kappa shape index (κ2) is 7.97. The molecule has 0 unspecified atom stereocenters. The summed E-state index contributed by atoms with van der Waals surface area (Å²) in [6, 6.07) is 4.82. The van der Waals surface area contributed by atoms with Gasteiger partial charge in [-0.05, 0) is 31.5 Å². The number of aryl methyl sites for hydroxylation is 1. The predicted molar refractivity (Wildman–Crippen MR) is 109 cm³/mol. The van der Waals surface area contributed by atoms with Gasteiger partial charge in [0.15, 0.2) is 5.82 Å². The molecule has 0 radical (unpaired) electrons. The second-order valence-corrected chi connectivity index (χ2v) is 7.78. The largest absolute Gasteiger partial charge is 0.381 e. The Hall–Kier alpha value is -2.91. The molecule has 0 saturated heterocycles. The first-order chi connectivity index (χ1) is 14.7. The normalized spacial score (nSPS) is 14.7. The minimum Gasteiger partial charge on any atom is -0.381 e. The number of benzene rings is 2. The van der Waals surface area contributed by atoms with Crippen molar-refractivity contribution in [2.75, 3.05) is 0 Å². The van der Waals surface area contributed by atoms with E-state index in [0.717, 1.165) is 12.1 Å². The van der Waals surface area contributed by atoms with E-state index in [0.29, 0.717) is 23.6 Å². The molecule has 2 aromatic heterocycles. The standard InChI is InChI=1S/C21H19ClF3N5O/c1-3-19-15-6-13(22)7-18(25)20(15)28-30(19)12(2)21(31,9-29-11-26-10-27-29)16-5-4-14(23)8-17(16)24/h4-8,10-12,31H,3,9H2,1-2H3/t12-,21-/m1/s1. The predicted octanol–water partition coefficient (Wildman–Crippen LogP) is 4.41. The molecule has 0 fully saturated rings. The summed E-state index contributed by atoms with van der Waals surface area (Å²) >= 11 is 6.03. The number of hydrogen-bond donors (Lipinski definition) is 1. The van der Waals surface area contributed by atoms with Crippen molar-refractivity contribution in [2.24, 2.45) is 0 Å². The lowest BCUT2D eigenvalue weighted by Gasteiger charge is -2.35. The van der Waals surface area contributed by atoms with Gasteiger partial charge in [0.1, 0.15) is 35.4 Å². The summed E-state index contributed by atoms with van der Waals surface area (Å²) in [7, 11) is 0. The molecule has 6 nitrogen and oxygen atoms in total. The minimum atomic E-state index is -1.92. The molecule has 0 aliphatic carbocycles. The Bertz CT molecular complexity index is 1240. The van der Waals surface area contributed by atoms with Crippen LogP contribution in [0.4, 0.5) is 13.2 Å². The van der Waals surface area contributed by atoms with Crippen LogP contribution < -0.4 is 0 Å². The summed E-state index contributed by atoms with van der Waals surface area (Å²) in [5, 5.41) is 20.9. The molecule has 162 valence electrons. The van der Waals surface area contributed by atoms with Crippen LogP contribution in [-0.2, 0) is 18.6 Å². The van der Waals surface area contributed by atoms with Crippen LogP contribution in [0.2, 0.25) is 5.02 Å². The summed E-state index contributed by atoms with van der Waals surface area (Å²) in [4.78, 5) is 3.86. The zero-order valence-corrected chi connectivity index (χ0v) is 17.5. The third-order valence-corrected chi connectivity index (χ3v) is 5.70. The third kappa shape index (κ3) is 3.68. The monoisotopic (exact) mass is 449 g/mol. The number of rotatable bonds is 6. The van der Waals surface area contributed by atoms with Crippen molar-refractivity contribution >= 4 is 22.5 Å². The van der Waals surface area contributed by atoms with Gasteiger partial charge in [-0.15, -0.1) is 0 Å². The summed E-state index contributed by atoms with van der Waals surface area (Å²) in [5.41, 5.74) is -1.35. The van der Waals surface area contributed by atoms with Crippen LogP contribution in [0.1, 0.15) is 31.1 Å². The van der Waals surface area contributed by atoms with Crippen molar-refractivity contribution in [2.45, 2.75) is 38.5 Å². The number of nitrogens with zero attached hydrogens (tertiary/aromatic N) is 5. The molecule has 0 spiro atoms. The lowest BCUT2D eigenvalue weighted by molar-refractivity contribution is -0.0374. The third-order valence-electron chi connectivity index (χ3n) is 5.48. The van der Waals surface area contributed by atoms with Gasteiger partial charge in [-0.3, -0.25) is 4.68 Å². The molecule has 4 rings (SSSR count). The van der Waals surface area contributed by atoms with Gasteiger partial charge >= 0.3 is 0 Å². The molecule has 31 heavy (non-hydrogen) atoms. The van der Waals surface area contributed by atoms with E-state index in [-0.39, 0.29) is 22.6 Å². The van der Waals surface area contributed by atoms with E-state index < -0.39 is 29.1 Å². The molecule has 2 aromatic carbocycles. The minimum absolute atomic E-state index is 0.0933. The van der Waals surface area contributed by atoms with Crippen molar-refractivity contribution in [3.63, 3.8) is 0 Å². The van der Waals surface area contributed by atoms with E-state index >= 15 is 0 Å². The van der Waals surface area contributed by atoms with Crippen molar-refractivity contribution in [3.05, 3.63) is 76.7 Å². The fourth-order valence-corrected chi connectivity index (χ4v) is 4.10. The van der Waals surface area contributed by atoms with Crippen molar-refractivity contribution in [3.8, 4) is 0 Å². The number of aliphatic hydroxyl groups is 1. The fraction of sp³-hybridized carbons (Fsp3) is 0.286. The molecule has 0 amide bonds. The van der Waals surface area contributed by atoms with Crippen LogP contribution in [0.25, 0.3) is 10.9 Å². The average molecular weight is 450 g/mol. The van der Waals surface area contributed by atoms with Gasteiger partial charge in [-0.1, -0.05) is 24.6 Å². The lowest BCUT2D eigenvalue weighted by atomic mass is 9.86. The molecule has 10 heteroatoms. The van der Waals surface area contributed by atoms with Gasteiger partial charge in [-0.25, -0.2) is 22.8 Å². The highest BCUT2D eigenvalue weighted by molar-refractivity contribution is 6.31. The highest BCUT2D eigenvalue weighted by atomic mass is 35.5. The van der Waals surface area contributed by atoms with Crippen LogP contribution >= 0.6 is 11.6 Å². The fourth-order valence-electron chi connectivity index (χ4n) is 3.90. The Morgan fingerprint density at radius 1 is 1.16 bits per heavy atom. The molecule has 0 bridgehead atoms. The van der Waals surface area contributed by atoms with Gasteiger partial charge in [0.2, 0.25) is 0 Å². The van der Waals surface area contributed by atoms with Crippen LogP contribution in [0, 0.1) is 17.5 Å². The van der Waals surface area contributed by atoms with E-state index in [1.165, 1.54) is 28.1 Å². The molecule has 0 aliphatic rings. The number of halogens is 4. The smallest absolute Gasteiger partial charge is 0.152 e. The highest BCUT2D eigenvalue weighted by Gasteiger charge is 2.41. The summed E-state index contributed by atoms with van der Waals surface area (Å²) in [6.07, 6.45) is 3.11. The number of fused-ring (bicyclic) bond motifs is 1. The van der Waals surface area contributed by atoms with Gasteiger partial charge in [-0.2, -0.15) is 10.2 Å². The molecular formula is C21H19ClF3N5O. The Morgan fingerprint density at radius 3 is 2.58 bits per heavy atom. The van der Waals surface area contributed by atoms with Gasteiger partial charge in [0.25, 0.3) is 0 Å². The van der Waals surface area contributed by atoms with Crippen molar-refractivity contribution in [1.82, 2.24) is 24.5 Å². The number of aromatic nitrogens is 5. The van der Waals surface area contributed by atoms with Crippen molar-refractivity contribution in [1.29, 1.82) is 0 Å². The maximum Gasteiger partial charge on any atom is 0.152 e. The molecule has 1 N–H and O–H groups in total. The van der Waals surface area contributed by atoms with Crippen LogP contribution in [0.5, 0.6) is 0 Å². The number of hydrogen-bond acceptors (Lipinski definition) is 4. The van der Waals surface area contributed by atoms with E-state index in [4.69, 9.17) is 11.6 Å². The van der Waals surface area contributed by atoms with Crippen LogP contribution in [-0.4, -0.2) is 29.7 Å². The molecule has 0 aliphatic heterocycles. The van der Waals surface area contributed by atoms with Gasteiger partial charge in [0.05, 0.1) is 12.6 Å². The zero-order chi connectivity index (χ0) is 22.3. The average Bonchev–Trinajstić information content (AvgIpc) is 3.34. The van der Waals surface area contributed by atoms with Gasteiger partial charge < -0.3 is 5.11 Å². The highest BCUT2D eigenvalue weighted by Crippen LogP contribution is 2.39. The summed E-state index contributed by atoms with van der Waals surface area (Å²) < 4.78 is 45.7. The molecule has 0 saturated carbocycles. The second-order valence-electron chi connectivity index (χ2n) is 7.35. The summed E-state index contributed by atoms with van der Waals surface area (Å²) in [5.74, 6) is -2.29. The zero-order valence-electron chi connectivity index (χ0n) is 16.7. The van der Waals surface area contributed by atoms with Crippen molar-refractivity contribution < 1.29 is 18.3 Å². The maximum absolute atomic E-state index is 14.8. The lowest BCUT2D eigenvalue weighted by Crippen LogP contribution is -2.41. The Kier molecular flexibility index (Phi) is 5.49. The molecule has 2 atom stereocenters. The Morgan fingerprint density at radius 2 is 1.94 bits per heavy atom. The SMILES string of the molecule is CCc1c2cc(Cl)cc(F)c2nn1[C@H](C)[C@](O)(Cn1cncn1)c1ccc(F)cc1F. The van der Waals surface area contributed by atoms with E-state index in [1.54, 1.807) is 13.0 Å². The first kappa shape index (κ1) is 21.3. The Balaban J connectivity index is 1.92. The van der Waals surface area contributed by atoms with Crippen LogP contribution in [0.15, 0.2) is 43.0 Å².